The van der Waals surface area contributed by atoms with Gasteiger partial charge in [-0.15, -0.1) is 12.6 Å². The van der Waals surface area contributed by atoms with Crippen molar-refractivity contribution in [2.45, 2.75) is 28.8 Å². The van der Waals surface area contributed by atoms with E-state index in [1.165, 1.54) is 0 Å². The molecule has 0 saturated carbocycles. The highest BCUT2D eigenvalue weighted by Gasteiger charge is 2.09. The third-order valence-corrected chi connectivity index (χ3v) is 4.87. The third-order valence-electron chi connectivity index (χ3n) is 2.62. The molecule has 0 aliphatic rings. The summed E-state index contributed by atoms with van der Waals surface area (Å²) in [5, 5.41) is 17.6. The van der Waals surface area contributed by atoms with Gasteiger partial charge in [0.05, 0.1) is 13.2 Å². The van der Waals surface area contributed by atoms with E-state index in [-0.39, 0.29) is 13.2 Å². The lowest BCUT2D eigenvalue weighted by Crippen LogP contribution is -1.90. The lowest BCUT2D eigenvalue weighted by molar-refractivity contribution is 0.251. The first-order chi connectivity index (χ1) is 10.9. The summed E-state index contributed by atoms with van der Waals surface area (Å²) in [5.41, 5.74) is 1.36. The minimum absolute atomic E-state index is 0.0400. The molecule has 0 unspecified atom stereocenters. The van der Waals surface area contributed by atoms with Crippen LogP contribution in [-0.2, 0) is 13.2 Å². The van der Waals surface area contributed by atoms with Crippen molar-refractivity contribution in [1.29, 1.82) is 0 Å². The molecule has 0 radical (unpaired) electrons. The molecule has 2 nitrogen and oxygen atoms in total. The maximum absolute atomic E-state index is 12.0. The summed E-state index contributed by atoms with van der Waals surface area (Å²) in [6.07, 6.45) is 0. The number of hydrogen-bond donors (Lipinski definition) is 3. The van der Waals surface area contributed by atoms with Crippen LogP contribution in [0.5, 0.6) is 0 Å². The van der Waals surface area contributed by atoms with E-state index >= 15 is 0 Å². The van der Waals surface area contributed by atoms with Crippen molar-refractivity contribution in [3.8, 4) is 0 Å². The lowest BCUT2D eigenvalue weighted by atomic mass is 10.2. The fourth-order valence-electron chi connectivity index (χ4n) is 1.56. The van der Waals surface area contributed by atoms with E-state index in [1.807, 2.05) is 18.2 Å². The monoisotopic (exact) mass is 486 g/mol. The van der Waals surface area contributed by atoms with Crippen LogP contribution in [0, 0.1) is 0 Å². The number of aliphatic hydroxyl groups excluding tert-OH is 2. The van der Waals surface area contributed by atoms with E-state index < -0.39 is 5.76 Å². The standard InChI is InChI=1S/C8H7BrF2OS.C7H7BrOS/c9-6-1-2-7(13-8(10)11)5(3-6)4-12;8-6-1-2-7(10)5(3-6)4-9/h1-3,8,12H,4H2;1-3,9-10H,4H2. The molecular weight excluding hydrogens is 474 g/mol. The molecular formula is C15H14Br2F2O2S2. The normalized spacial score (nSPS) is 10.4. The number of thiol groups is 1. The summed E-state index contributed by atoms with van der Waals surface area (Å²) in [6, 6.07) is 10.4. The molecule has 0 aliphatic heterocycles. The Balaban J connectivity index is 0.000000238. The molecule has 126 valence electrons. The highest BCUT2D eigenvalue weighted by molar-refractivity contribution is 9.10. The summed E-state index contributed by atoms with van der Waals surface area (Å²) in [6.45, 7) is -0.188. The number of halogens is 4. The van der Waals surface area contributed by atoms with E-state index in [2.05, 4.69) is 44.5 Å². The van der Waals surface area contributed by atoms with Gasteiger partial charge in [-0.3, -0.25) is 0 Å². The fourth-order valence-corrected chi connectivity index (χ4v) is 3.20. The van der Waals surface area contributed by atoms with Crippen molar-refractivity contribution in [2.75, 3.05) is 0 Å². The summed E-state index contributed by atoms with van der Waals surface area (Å²) in [5.74, 6) is -2.45. The maximum Gasteiger partial charge on any atom is 0.288 e. The molecule has 0 bridgehead atoms. The van der Waals surface area contributed by atoms with Crippen LogP contribution in [0.25, 0.3) is 0 Å². The average molecular weight is 488 g/mol. The van der Waals surface area contributed by atoms with Gasteiger partial charge in [-0.05, 0) is 47.5 Å². The van der Waals surface area contributed by atoms with E-state index in [0.29, 0.717) is 22.2 Å². The molecule has 2 aromatic rings. The van der Waals surface area contributed by atoms with E-state index in [1.54, 1.807) is 18.2 Å². The zero-order valence-corrected chi connectivity index (χ0v) is 16.6. The van der Waals surface area contributed by atoms with Crippen molar-refractivity contribution in [2.24, 2.45) is 0 Å². The van der Waals surface area contributed by atoms with Gasteiger partial charge in [0.15, 0.2) is 0 Å². The largest absolute Gasteiger partial charge is 0.392 e. The molecule has 8 heteroatoms. The minimum atomic E-state index is -2.45. The Morgan fingerprint density at radius 1 is 0.957 bits per heavy atom. The number of rotatable bonds is 4. The van der Waals surface area contributed by atoms with E-state index in [9.17, 15) is 8.78 Å². The Bertz CT molecular complexity index is 643. The fraction of sp³-hybridized carbons (Fsp3) is 0.200. The first-order valence-electron chi connectivity index (χ1n) is 6.29. The van der Waals surface area contributed by atoms with Gasteiger partial charge in [-0.1, -0.05) is 43.6 Å². The van der Waals surface area contributed by atoms with Gasteiger partial charge in [0.2, 0.25) is 0 Å². The van der Waals surface area contributed by atoms with Gasteiger partial charge in [-0.2, -0.15) is 8.78 Å². The number of thioether (sulfide) groups is 1. The van der Waals surface area contributed by atoms with Crippen molar-refractivity contribution in [3.63, 3.8) is 0 Å². The van der Waals surface area contributed by atoms with Crippen LogP contribution >= 0.6 is 56.3 Å². The van der Waals surface area contributed by atoms with Crippen LogP contribution in [-0.4, -0.2) is 16.0 Å². The summed E-state index contributed by atoms with van der Waals surface area (Å²) in [4.78, 5) is 1.24. The molecule has 23 heavy (non-hydrogen) atoms. The summed E-state index contributed by atoms with van der Waals surface area (Å²) in [7, 11) is 0. The van der Waals surface area contributed by atoms with Crippen molar-refractivity contribution in [3.05, 3.63) is 56.5 Å². The van der Waals surface area contributed by atoms with Crippen LogP contribution in [0.1, 0.15) is 11.1 Å². The maximum atomic E-state index is 12.0. The van der Waals surface area contributed by atoms with Crippen LogP contribution in [0.3, 0.4) is 0 Å². The predicted molar refractivity (Wildman–Crippen MR) is 99.2 cm³/mol. The summed E-state index contributed by atoms with van der Waals surface area (Å²) >= 11 is 11.1. The Morgan fingerprint density at radius 3 is 1.96 bits per heavy atom. The van der Waals surface area contributed by atoms with Crippen LogP contribution in [0.15, 0.2) is 55.1 Å². The Kier molecular flexibility index (Phi) is 9.72. The van der Waals surface area contributed by atoms with E-state index in [4.69, 9.17) is 10.2 Å². The van der Waals surface area contributed by atoms with Gasteiger partial charge >= 0.3 is 0 Å². The molecule has 2 aromatic carbocycles. The first-order valence-corrected chi connectivity index (χ1v) is 9.21. The second kappa shape index (κ2) is 10.7. The number of hydrogen-bond acceptors (Lipinski definition) is 4. The molecule has 2 N–H and O–H groups in total. The number of benzene rings is 2. The highest BCUT2D eigenvalue weighted by Crippen LogP contribution is 2.30. The van der Waals surface area contributed by atoms with Gasteiger partial charge in [0.1, 0.15) is 0 Å². The van der Waals surface area contributed by atoms with Crippen molar-refractivity contribution in [1.82, 2.24) is 0 Å². The second-order valence-corrected chi connectivity index (χ2v) is 7.56. The summed E-state index contributed by atoms with van der Waals surface area (Å²) < 4.78 is 25.8. The second-order valence-electron chi connectivity index (χ2n) is 4.22. The molecule has 0 saturated heterocycles. The predicted octanol–water partition coefficient (Wildman–Crippen LogP) is 5.49. The zero-order valence-electron chi connectivity index (χ0n) is 11.7. The smallest absolute Gasteiger partial charge is 0.288 e. The van der Waals surface area contributed by atoms with Crippen molar-refractivity contribution < 1.29 is 19.0 Å². The first kappa shape index (κ1) is 20.9. The molecule has 0 fully saturated rings. The van der Waals surface area contributed by atoms with Crippen LogP contribution in [0.2, 0.25) is 0 Å². The molecule has 0 aliphatic carbocycles. The van der Waals surface area contributed by atoms with Gasteiger partial charge in [-0.25, -0.2) is 0 Å². The zero-order chi connectivity index (χ0) is 17.4. The van der Waals surface area contributed by atoms with E-state index in [0.717, 1.165) is 19.4 Å². The molecule has 0 heterocycles. The Morgan fingerprint density at radius 2 is 1.48 bits per heavy atom. The van der Waals surface area contributed by atoms with Crippen molar-refractivity contribution >= 4 is 56.3 Å². The molecule has 0 spiro atoms. The quantitative estimate of drug-likeness (QED) is 0.394. The molecule has 0 aromatic heterocycles. The number of aliphatic hydroxyl groups is 2. The highest BCUT2D eigenvalue weighted by atomic mass is 79.9. The van der Waals surface area contributed by atoms with Gasteiger partial charge in [0, 0.05) is 18.7 Å². The van der Waals surface area contributed by atoms with Gasteiger partial charge < -0.3 is 10.2 Å². The SMILES string of the molecule is OCc1cc(Br)ccc1S.OCc1cc(Br)ccc1SC(F)F. The number of alkyl halides is 2. The van der Waals surface area contributed by atoms with Gasteiger partial charge in [0.25, 0.3) is 5.76 Å². The lowest BCUT2D eigenvalue weighted by Gasteiger charge is -2.06. The average Bonchev–Trinajstić information content (AvgIpc) is 2.51. The topological polar surface area (TPSA) is 40.5 Å². The molecule has 0 amide bonds. The Labute approximate surface area is 160 Å². The minimum Gasteiger partial charge on any atom is -0.392 e. The molecule has 0 atom stereocenters. The molecule has 2 rings (SSSR count). The van der Waals surface area contributed by atoms with Crippen LogP contribution < -0.4 is 0 Å². The Hall–Kier alpha value is -0.120. The van der Waals surface area contributed by atoms with Crippen LogP contribution in [0.4, 0.5) is 8.78 Å². The third kappa shape index (κ3) is 7.53.